The van der Waals surface area contributed by atoms with Crippen molar-refractivity contribution in [3.63, 3.8) is 0 Å². The number of halogens is 2. The number of carbonyl (C=O) groups excluding carboxylic acids is 1. The van der Waals surface area contributed by atoms with Crippen LogP contribution in [-0.2, 0) is 4.79 Å². The van der Waals surface area contributed by atoms with Crippen molar-refractivity contribution in [2.24, 2.45) is 0 Å². The number of nitriles is 1. The van der Waals surface area contributed by atoms with Gasteiger partial charge in [0.1, 0.15) is 11.6 Å². The van der Waals surface area contributed by atoms with Gasteiger partial charge in [0, 0.05) is 26.4 Å². The first-order valence-electron chi connectivity index (χ1n) is 12.3. The maximum atomic E-state index is 13.3. The van der Waals surface area contributed by atoms with Crippen molar-refractivity contribution in [3.05, 3.63) is 135 Å². The molecule has 0 radical (unpaired) electrons. The molecule has 0 aliphatic heterocycles. The molecule has 4 aromatic carbocycles. The van der Waals surface area contributed by atoms with E-state index in [-0.39, 0.29) is 5.57 Å². The lowest BCUT2D eigenvalue weighted by atomic mass is 10.0. The number of hydrogen-bond acceptors (Lipinski definition) is 2. The lowest BCUT2D eigenvalue weighted by molar-refractivity contribution is -0.112. The van der Waals surface area contributed by atoms with Gasteiger partial charge in [0.05, 0.1) is 11.4 Å². The molecule has 6 heteroatoms. The normalized spacial score (nSPS) is 11.2. The molecule has 0 aliphatic carbocycles. The summed E-state index contributed by atoms with van der Waals surface area (Å²) in [5.74, 6) is -0.500. The average Bonchev–Trinajstić information content (AvgIpc) is 3.34. The highest BCUT2D eigenvalue weighted by atomic mass is 79.9. The van der Waals surface area contributed by atoms with Gasteiger partial charge >= 0.3 is 0 Å². The van der Waals surface area contributed by atoms with Crippen molar-refractivity contribution < 1.29 is 4.79 Å². The Hall–Kier alpha value is -4.37. The van der Waals surface area contributed by atoms with Crippen molar-refractivity contribution in [2.75, 3.05) is 5.32 Å². The molecular formula is C33H23BrClN3O. The van der Waals surface area contributed by atoms with E-state index in [0.29, 0.717) is 10.7 Å². The van der Waals surface area contributed by atoms with Crippen LogP contribution in [0.2, 0.25) is 5.02 Å². The van der Waals surface area contributed by atoms with Crippen LogP contribution < -0.4 is 5.32 Å². The van der Waals surface area contributed by atoms with Crippen molar-refractivity contribution in [1.29, 1.82) is 5.26 Å². The minimum Gasteiger partial charge on any atom is -0.321 e. The van der Waals surface area contributed by atoms with E-state index < -0.39 is 5.91 Å². The molecule has 0 fully saturated rings. The summed E-state index contributed by atoms with van der Waals surface area (Å²) in [6.07, 6.45) is 1.65. The number of hydrogen-bond donors (Lipinski definition) is 1. The third-order valence-corrected chi connectivity index (χ3v) is 7.35. The summed E-state index contributed by atoms with van der Waals surface area (Å²) in [6.45, 7) is 1.83. The van der Waals surface area contributed by atoms with E-state index in [2.05, 4.69) is 31.9 Å². The van der Waals surface area contributed by atoms with Crippen LogP contribution in [0.15, 0.2) is 119 Å². The van der Waals surface area contributed by atoms with Gasteiger partial charge in [-0.25, -0.2) is 0 Å². The summed E-state index contributed by atoms with van der Waals surface area (Å²) in [6, 6.07) is 37.5. The van der Waals surface area contributed by atoms with Crippen LogP contribution in [0.1, 0.15) is 11.1 Å². The molecule has 0 bridgehead atoms. The molecule has 0 saturated heterocycles. The Bertz CT molecular complexity index is 1720. The topological polar surface area (TPSA) is 57.8 Å². The van der Waals surface area contributed by atoms with E-state index in [0.717, 1.165) is 43.8 Å². The first kappa shape index (κ1) is 26.2. The van der Waals surface area contributed by atoms with Gasteiger partial charge in [-0.2, -0.15) is 5.26 Å². The third-order valence-electron chi connectivity index (χ3n) is 6.41. The molecule has 1 heterocycles. The highest BCUT2D eigenvalue weighted by molar-refractivity contribution is 9.10. The molecule has 1 N–H and O–H groups in total. The number of rotatable bonds is 6. The number of anilines is 1. The monoisotopic (exact) mass is 591 g/mol. The predicted molar refractivity (Wildman–Crippen MR) is 163 cm³/mol. The fourth-order valence-electron chi connectivity index (χ4n) is 4.45. The standard InChI is InChI=1S/C33H23BrClN3O/c1-22-29(35)13-8-14-30(22)37-33(39)26(21-36)19-25-20-31(23-9-4-2-5-10-23)38(28-17-15-27(34)16-18-28)32(25)24-11-6-3-7-12-24/h2-20H,1H3,(H,37,39)/b26-19+. The average molecular weight is 593 g/mol. The molecule has 0 saturated carbocycles. The Kier molecular flexibility index (Phi) is 7.79. The number of benzene rings is 4. The Balaban J connectivity index is 1.72. The van der Waals surface area contributed by atoms with E-state index in [1.807, 2.05) is 97.9 Å². The van der Waals surface area contributed by atoms with Gasteiger partial charge in [-0.05, 0) is 72.2 Å². The van der Waals surface area contributed by atoms with Gasteiger partial charge < -0.3 is 9.88 Å². The first-order chi connectivity index (χ1) is 19.0. The summed E-state index contributed by atoms with van der Waals surface area (Å²) in [4.78, 5) is 13.3. The summed E-state index contributed by atoms with van der Waals surface area (Å²) in [7, 11) is 0. The van der Waals surface area contributed by atoms with Crippen LogP contribution in [0.4, 0.5) is 5.69 Å². The molecule has 0 aliphatic rings. The Morgan fingerprint density at radius 3 is 2.18 bits per heavy atom. The van der Waals surface area contributed by atoms with Crippen molar-refractivity contribution in [2.45, 2.75) is 6.92 Å². The zero-order chi connectivity index (χ0) is 27.4. The van der Waals surface area contributed by atoms with Gasteiger partial charge in [0.15, 0.2) is 0 Å². The maximum absolute atomic E-state index is 13.3. The van der Waals surface area contributed by atoms with E-state index in [1.165, 1.54) is 0 Å². The van der Waals surface area contributed by atoms with Crippen molar-refractivity contribution >= 4 is 45.2 Å². The molecule has 4 nitrogen and oxygen atoms in total. The highest BCUT2D eigenvalue weighted by Gasteiger charge is 2.20. The molecule has 0 unspecified atom stereocenters. The molecule has 5 rings (SSSR count). The van der Waals surface area contributed by atoms with E-state index in [1.54, 1.807) is 24.3 Å². The number of nitrogens with zero attached hydrogens (tertiary/aromatic N) is 2. The fraction of sp³-hybridized carbons (Fsp3) is 0.0303. The minimum absolute atomic E-state index is 0.0147. The quantitative estimate of drug-likeness (QED) is 0.158. The second kappa shape index (κ2) is 11.6. The second-order valence-corrected chi connectivity index (χ2v) is 10.2. The van der Waals surface area contributed by atoms with Gasteiger partial charge in [0.25, 0.3) is 5.91 Å². The van der Waals surface area contributed by atoms with Crippen LogP contribution in [0.25, 0.3) is 34.3 Å². The van der Waals surface area contributed by atoms with Gasteiger partial charge in [0.2, 0.25) is 0 Å². The number of aromatic nitrogens is 1. The Morgan fingerprint density at radius 2 is 1.54 bits per heavy atom. The Morgan fingerprint density at radius 1 is 0.897 bits per heavy atom. The number of nitrogens with one attached hydrogen (secondary N) is 1. The van der Waals surface area contributed by atoms with E-state index in [9.17, 15) is 10.1 Å². The van der Waals surface area contributed by atoms with E-state index in [4.69, 9.17) is 11.6 Å². The molecule has 0 atom stereocenters. The zero-order valence-corrected chi connectivity index (χ0v) is 23.4. The zero-order valence-electron chi connectivity index (χ0n) is 21.0. The summed E-state index contributed by atoms with van der Waals surface area (Å²) in [5.41, 5.74) is 6.76. The molecule has 0 spiro atoms. The lowest BCUT2D eigenvalue weighted by Crippen LogP contribution is -2.14. The van der Waals surface area contributed by atoms with Crippen LogP contribution >= 0.6 is 27.5 Å². The molecule has 5 aromatic rings. The summed E-state index contributed by atoms with van der Waals surface area (Å²) in [5, 5.41) is 13.4. The van der Waals surface area contributed by atoms with Crippen LogP contribution in [0, 0.1) is 18.3 Å². The highest BCUT2D eigenvalue weighted by Crippen LogP contribution is 2.37. The number of carbonyl (C=O) groups is 1. The van der Waals surface area contributed by atoms with Crippen molar-refractivity contribution in [1.82, 2.24) is 4.57 Å². The Labute approximate surface area is 240 Å². The third kappa shape index (κ3) is 5.58. The largest absolute Gasteiger partial charge is 0.321 e. The molecule has 190 valence electrons. The lowest BCUT2D eigenvalue weighted by Gasteiger charge is -2.15. The number of amides is 1. The molecule has 1 amide bonds. The van der Waals surface area contributed by atoms with Gasteiger partial charge in [-0.3, -0.25) is 4.79 Å². The van der Waals surface area contributed by atoms with Crippen LogP contribution in [0.3, 0.4) is 0 Å². The second-order valence-electron chi connectivity index (χ2n) is 8.91. The predicted octanol–water partition coefficient (Wildman–Crippen LogP) is 9.08. The van der Waals surface area contributed by atoms with Gasteiger partial charge in [-0.1, -0.05) is 94.3 Å². The maximum Gasteiger partial charge on any atom is 0.266 e. The summed E-state index contributed by atoms with van der Waals surface area (Å²) < 4.78 is 3.14. The molecule has 1 aromatic heterocycles. The van der Waals surface area contributed by atoms with E-state index >= 15 is 0 Å². The molecule has 39 heavy (non-hydrogen) atoms. The molecular weight excluding hydrogens is 570 g/mol. The smallest absolute Gasteiger partial charge is 0.266 e. The van der Waals surface area contributed by atoms with Crippen LogP contribution in [0.5, 0.6) is 0 Å². The summed E-state index contributed by atoms with van der Waals surface area (Å²) >= 11 is 9.78. The minimum atomic E-state index is -0.500. The SMILES string of the molecule is Cc1c(Cl)cccc1NC(=O)/C(C#N)=C/c1cc(-c2ccccc2)n(-c2ccc(Br)cc2)c1-c1ccccc1. The van der Waals surface area contributed by atoms with Gasteiger partial charge in [-0.15, -0.1) is 0 Å². The first-order valence-corrected chi connectivity index (χ1v) is 13.4. The van der Waals surface area contributed by atoms with Crippen molar-refractivity contribution in [3.8, 4) is 34.3 Å². The fourth-order valence-corrected chi connectivity index (χ4v) is 4.89. The van der Waals surface area contributed by atoms with Crippen LogP contribution in [-0.4, -0.2) is 10.5 Å².